The molecule has 0 saturated carbocycles. The molecule has 0 atom stereocenters. The molecule has 1 saturated heterocycles. The van der Waals surface area contributed by atoms with Gasteiger partial charge < -0.3 is 24.7 Å². The lowest BCUT2D eigenvalue weighted by atomic mass is 9.96. The lowest BCUT2D eigenvalue weighted by molar-refractivity contribution is -0.128. The summed E-state index contributed by atoms with van der Waals surface area (Å²) in [6, 6.07) is 5.22. The quantitative estimate of drug-likeness (QED) is 0.788. The van der Waals surface area contributed by atoms with Crippen molar-refractivity contribution in [2.24, 2.45) is 5.73 Å². The Morgan fingerprint density at radius 2 is 1.97 bits per heavy atom. The Kier molecular flexibility index (Phi) is 5.00. The van der Waals surface area contributed by atoms with Crippen LogP contribution in [0.1, 0.15) is 28.8 Å². The van der Waals surface area contributed by atoms with Crippen molar-refractivity contribution in [1.82, 2.24) is 9.47 Å². The van der Waals surface area contributed by atoms with Gasteiger partial charge in [-0.3, -0.25) is 14.4 Å². The topological polar surface area (TPSA) is 104 Å². The Morgan fingerprint density at radius 1 is 1.14 bits per heavy atom. The van der Waals surface area contributed by atoms with Crippen molar-refractivity contribution in [2.75, 3.05) is 26.8 Å². The highest BCUT2D eigenvalue weighted by molar-refractivity contribution is 5.92. The number of nitrogens with zero attached hydrogens (tertiary/aromatic N) is 2. The highest BCUT2D eigenvalue weighted by Gasteiger charge is 2.23. The highest BCUT2D eigenvalue weighted by atomic mass is 16.5. The number of fused-ring (bicyclic) bond motifs is 3. The van der Waals surface area contributed by atoms with Crippen LogP contribution in [0.5, 0.6) is 11.5 Å². The minimum absolute atomic E-state index is 0.0134. The number of rotatable bonds is 6. The van der Waals surface area contributed by atoms with Gasteiger partial charge in [0.05, 0.1) is 19.3 Å². The fraction of sp³-hybridized carbons (Fsp3) is 0.381. The Balaban J connectivity index is 1.61. The fourth-order valence-electron chi connectivity index (χ4n) is 3.94. The molecule has 1 aromatic carbocycles. The molecule has 0 spiro atoms. The second kappa shape index (κ2) is 7.62. The largest absolute Gasteiger partial charge is 0.493 e. The number of hydrogen-bond donors (Lipinski definition) is 1. The van der Waals surface area contributed by atoms with E-state index in [1.165, 1.54) is 12.3 Å². The van der Waals surface area contributed by atoms with Crippen LogP contribution in [0.4, 0.5) is 0 Å². The maximum absolute atomic E-state index is 12.3. The van der Waals surface area contributed by atoms with Crippen LogP contribution in [-0.4, -0.2) is 48.1 Å². The van der Waals surface area contributed by atoms with E-state index in [1.807, 2.05) is 21.6 Å². The summed E-state index contributed by atoms with van der Waals surface area (Å²) >= 11 is 0. The molecule has 0 radical (unpaired) electrons. The number of hydrogen-bond acceptors (Lipinski definition) is 5. The number of carbonyl (C=O) groups is 2. The van der Waals surface area contributed by atoms with Gasteiger partial charge in [-0.25, -0.2) is 0 Å². The summed E-state index contributed by atoms with van der Waals surface area (Å²) in [6.45, 7) is 2.34. The monoisotopic (exact) mass is 397 g/mol. The molecule has 29 heavy (non-hydrogen) atoms. The normalized spacial score (nSPS) is 15.1. The van der Waals surface area contributed by atoms with Gasteiger partial charge in [0.15, 0.2) is 16.9 Å². The van der Waals surface area contributed by atoms with E-state index < -0.39 is 11.3 Å². The second-order valence-corrected chi connectivity index (χ2v) is 7.24. The number of primary amides is 1. The third-order valence-corrected chi connectivity index (χ3v) is 5.47. The number of amides is 2. The van der Waals surface area contributed by atoms with Crippen molar-refractivity contribution in [2.45, 2.75) is 25.8 Å². The van der Waals surface area contributed by atoms with Crippen LogP contribution in [0, 0.1) is 0 Å². The molecule has 2 aromatic rings. The lowest BCUT2D eigenvalue weighted by Gasteiger charge is -2.24. The van der Waals surface area contributed by atoms with Crippen LogP contribution in [0.2, 0.25) is 0 Å². The Hall–Kier alpha value is -3.29. The molecule has 0 bridgehead atoms. The number of ether oxygens (including phenoxy) is 2. The van der Waals surface area contributed by atoms with E-state index in [1.54, 1.807) is 7.11 Å². The molecule has 3 heterocycles. The first-order valence-corrected chi connectivity index (χ1v) is 9.64. The molecule has 8 heteroatoms. The number of aromatic nitrogens is 1. The standard InChI is InChI=1S/C21H23N3O5/c1-28-18-10-14-13(9-19(18)29-8-7-23-5-2-3-20(23)26)4-6-24-12-15(21(22)27)17(25)11-16(14)24/h9-12H,2-8H2,1H3,(H2,22,27). The lowest BCUT2D eigenvalue weighted by Crippen LogP contribution is -2.29. The van der Waals surface area contributed by atoms with E-state index >= 15 is 0 Å². The van der Waals surface area contributed by atoms with Gasteiger partial charge >= 0.3 is 0 Å². The average molecular weight is 397 g/mol. The number of benzene rings is 1. The predicted octanol–water partition coefficient (Wildman–Crippen LogP) is 1.18. The van der Waals surface area contributed by atoms with Gasteiger partial charge in [0.25, 0.3) is 5.91 Å². The van der Waals surface area contributed by atoms with E-state index in [-0.39, 0.29) is 11.5 Å². The average Bonchev–Trinajstić information content (AvgIpc) is 3.11. The fourth-order valence-corrected chi connectivity index (χ4v) is 3.94. The van der Waals surface area contributed by atoms with Gasteiger partial charge in [-0.05, 0) is 30.5 Å². The van der Waals surface area contributed by atoms with Crippen LogP contribution in [0.15, 0.2) is 29.2 Å². The minimum Gasteiger partial charge on any atom is -0.493 e. The summed E-state index contributed by atoms with van der Waals surface area (Å²) in [5.74, 6) is 0.608. The number of pyridine rings is 1. The molecule has 8 nitrogen and oxygen atoms in total. The number of carbonyl (C=O) groups excluding carboxylic acids is 2. The third kappa shape index (κ3) is 3.57. The van der Waals surface area contributed by atoms with Crippen LogP contribution in [-0.2, 0) is 17.8 Å². The van der Waals surface area contributed by atoms with Crippen molar-refractivity contribution in [3.05, 3.63) is 45.7 Å². The van der Waals surface area contributed by atoms with E-state index in [4.69, 9.17) is 15.2 Å². The third-order valence-electron chi connectivity index (χ3n) is 5.47. The maximum Gasteiger partial charge on any atom is 0.254 e. The van der Waals surface area contributed by atoms with Crippen LogP contribution >= 0.6 is 0 Å². The van der Waals surface area contributed by atoms with E-state index in [9.17, 15) is 14.4 Å². The van der Waals surface area contributed by atoms with Gasteiger partial charge in [-0.15, -0.1) is 0 Å². The Morgan fingerprint density at radius 3 is 2.66 bits per heavy atom. The second-order valence-electron chi connectivity index (χ2n) is 7.24. The van der Waals surface area contributed by atoms with Gasteiger partial charge in [0.2, 0.25) is 5.91 Å². The van der Waals surface area contributed by atoms with Crippen LogP contribution in [0.25, 0.3) is 11.3 Å². The molecule has 1 fully saturated rings. The first-order chi connectivity index (χ1) is 14.0. The van der Waals surface area contributed by atoms with E-state index in [0.29, 0.717) is 49.7 Å². The van der Waals surface area contributed by atoms with Gasteiger partial charge in [0, 0.05) is 37.3 Å². The summed E-state index contributed by atoms with van der Waals surface area (Å²) in [5, 5.41) is 0. The predicted molar refractivity (Wildman–Crippen MR) is 106 cm³/mol. The zero-order valence-corrected chi connectivity index (χ0v) is 16.3. The van der Waals surface area contributed by atoms with E-state index in [0.717, 1.165) is 24.1 Å². The van der Waals surface area contributed by atoms with Crippen molar-refractivity contribution in [1.29, 1.82) is 0 Å². The van der Waals surface area contributed by atoms with E-state index in [2.05, 4.69) is 0 Å². The zero-order valence-electron chi connectivity index (χ0n) is 16.3. The molecule has 152 valence electrons. The first-order valence-electron chi connectivity index (χ1n) is 9.64. The molecule has 2 aliphatic rings. The number of aryl methyl sites for hydroxylation is 2. The first kappa shape index (κ1) is 19.0. The van der Waals surface area contributed by atoms with Gasteiger partial charge in [-0.1, -0.05) is 0 Å². The van der Waals surface area contributed by atoms with Gasteiger partial charge in [0.1, 0.15) is 12.2 Å². The SMILES string of the molecule is COc1cc2c(cc1OCCN1CCCC1=O)CCn1cc(C(N)=O)c(=O)cc1-2. The molecule has 0 aliphatic carbocycles. The zero-order chi connectivity index (χ0) is 20.5. The molecule has 2 amide bonds. The summed E-state index contributed by atoms with van der Waals surface area (Å²) < 4.78 is 13.3. The molecule has 2 aliphatic heterocycles. The molecular formula is C21H23N3O5. The van der Waals surface area contributed by atoms with Crippen LogP contribution < -0.4 is 20.6 Å². The summed E-state index contributed by atoms with van der Waals surface area (Å²) in [4.78, 5) is 37.3. The number of likely N-dealkylation sites (tertiary alicyclic amines) is 1. The van der Waals surface area contributed by atoms with Crippen molar-refractivity contribution in [3.63, 3.8) is 0 Å². The van der Waals surface area contributed by atoms with Crippen LogP contribution in [0.3, 0.4) is 0 Å². The number of methoxy groups -OCH3 is 1. The Bertz CT molecular complexity index is 1040. The maximum atomic E-state index is 12.3. The molecule has 0 unspecified atom stereocenters. The van der Waals surface area contributed by atoms with Gasteiger partial charge in [-0.2, -0.15) is 0 Å². The summed E-state index contributed by atoms with van der Waals surface area (Å²) in [7, 11) is 1.56. The smallest absolute Gasteiger partial charge is 0.254 e. The highest BCUT2D eigenvalue weighted by Crippen LogP contribution is 2.38. The van der Waals surface area contributed by atoms with Crippen molar-refractivity contribution >= 4 is 11.8 Å². The molecule has 4 rings (SSSR count). The van der Waals surface area contributed by atoms with Crippen molar-refractivity contribution in [3.8, 4) is 22.8 Å². The number of nitrogens with two attached hydrogens (primary N) is 1. The Labute approximate surface area is 167 Å². The summed E-state index contributed by atoms with van der Waals surface area (Å²) in [6.07, 6.45) is 3.75. The van der Waals surface area contributed by atoms with Crippen molar-refractivity contribution < 1.29 is 19.1 Å². The molecule has 1 aromatic heterocycles. The summed E-state index contributed by atoms with van der Waals surface area (Å²) in [5.41, 5.74) is 7.50. The molecule has 2 N–H and O–H groups in total. The molecular weight excluding hydrogens is 374 g/mol. The minimum atomic E-state index is -0.728.